The second-order valence-corrected chi connectivity index (χ2v) is 24.2. The van der Waals surface area contributed by atoms with Crippen LogP contribution in [0.4, 0.5) is 0 Å². The molecule has 3 rings (SSSR count). The van der Waals surface area contributed by atoms with Crippen LogP contribution in [0.3, 0.4) is 0 Å². The molecule has 0 bridgehead atoms. The molecule has 0 saturated carbocycles. The van der Waals surface area contributed by atoms with Crippen molar-refractivity contribution in [1.82, 2.24) is 5.32 Å². The highest BCUT2D eigenvalue weighted by Crippen LogP contribution is 2.33. The standard InChI is InChI=1S/C76H121NO18/c1-3-5-7-9-11-13-15-17-18-19-20-21-22-23-24-25-26-27-28-29-30-31-32-33-34-35-36-37-38-39-40-42-44-46-48-50-52-54-64(82)77-59(60(81)53-51-49-47-45-43-41-16-14-12-10-8-6-4-2)58-90-74-70(88)67(85)72(62(56-79)92-74)95-76-71(89)68(86)73(63(57-80)93-76)94-75-69(87)66(84)65(83)61(55-78)91-75/h5,7,11-14,17-18,20-21,23-24,26-27,29-30,32-33,35-36,38-39,43,45,51,53,59-63,65-76,78-81,83-89H,3-4,6,8-10,15-16,19,22,25,28,31,34,37,40-42,44,46-50,52,54-58H2,1-2H3,(H,77,82)/b7-5-,13-11-,14-12+,18-17-,21-20-,24-23-,27-26-,30-29-,33-32-,36-35-,39-38-,45-43+,53-51+. The molecule has 3 saturated heterocycles. The Hall–Kier alpha value is -4.59. The fourth-order valence-electron chi connectivity index (χ4n) is 10.6. The lowest BCUT2D eigenvalue weighted by Gasteiger charge is -2.48. The second kappa shape index (κ2) is 55.3. The van der Waals surface area contributed by atoms with Crippen LogP contribution in [0.15, 0.2) is 158 Å². The molecule has 3 aliphatic rings. The molecule has 0 aliphatic carbocycles. The van der Waals surface area contributed by atoms with Crippen LogP contribution in [-0.4, -0.2) is 193 Å². The van der Waals surface area contributed by atoms with Gasteiger partial charge in [-0.3, -0.25) is 4.79 Å². The van der Waals surface area contributed by atoms with E-state index in [1.54, 1.807) is 6.08 Å². The van der Waals surface area contributed by atoms with Gasteiger partial charge in [-0.05, 0) is 122 Å². The molecule has 0 aromatic carbocycles. The zero-order valence-electron chi connectivity index (χ0n) is 56.8. The Morgan fingerprint density at radius 3 is 1.18 bits per heavy atom. The number of allylic oxidation sites excluding steroid dienone is 25. The molecule has 1 amide bonds. The summed E-state index contributed by atoms with van der Waals surface area (Å²) in [5.74, 6) is -0.314. The summed E-state index contributed by atoms with van der Waals surface area (Å²) in [7, 11) is 0. The molecule has 17 atom stereocenters. The summed E-state index contributed by atoms with van der Waals surface area (Å²) in [5.41, 5.74) is 0. The number of aliphatic hydroxyl groups is 11. The Bertz CT molecular complexity index is 2340. The number of nitrogens with one attached hydrogen (secondary N) is 1. The van der Waals surface area contributed by atoms with Crippen LogP contribution in [0.25, 0.3) is 0 Å². The molecule has 3 aliphatic heterocycles. The van der Waals surface area contributed by atoms with Gasteiger partial charge < -0.3 is 89.9 Å². The van der Waals surface area contributed by atoms with Crippen LogP contribution < -0.4 is 5.32 Å². The first-order valence-electron chi connectivity index (χ1n) is 35.2. The van der Waals surface area contributed by atoms with E-state index in [2.05, 4.69) is 165 Å². The number of unbranched alkanes of at least 4 members (excludes halogenated alkanes) is 11. The third kappa shape index (κ3) is 36.7. The molecule has 0 spiro atoms. The Morgan fingerprint density at radius 2 is 0.737 bits per heavy atom. The first-order valence-corrected chi connectivity index (χ1v) is 35.2. The minimum absolute atomic E-state index is 0.203. The van der Waals surface area contributed by atoms with Gasteiger partial charge in [-0.15, -0.1) is 0 Å². The third-order valence-electron chi connectivity index (χ3n) is 16.3. The van der Waals surface area contributed by atoms with Gasteiger partial charge in [0.2, 0.25) is 5.91 Å². The lowest BCUT2D eigenvalue weighted by molar-refractivity contribution is -0.379. The van der Waals surface area contributed by atoms with Crippen molar-refractivity contribution in [1.29, 1.82) is 0 Å². The van der Waals surface area contributed by atoms with Gasteiger partial charge in [0.1, 0.15) is 73.2 Å². The lowest BCUT2D eigenvalue weighted by Crippen LogP contribution is -2.66. The van der Waals surface area contributed by atoms with Crippen molar-refractivity contribution in [3.8, 4) is 0 Å². The van der Waals surface area contributed by atoms with Crippen LogP contribution in [0, 0.1) is 0 Å². The van der Waals surface area contributed by atoms with E-state index in [0.29, 0.717) is 12.8 Å². The molecule has 3 heterocycles. The second-order valence-electron chi connectivity index (χ2n) is 24.2. The van der Waals surface area contributed by atoms with Gasteiger partial charge in [-0.2, -0.15) is 0 Å². The van der Waals surface area contributed by atoms with Gasteiger partial charge in [-0.25, -0.2) is 0 Å². The number of amides is 1. The average Bonchev–Trinajstić information content (AvgIpc) is 0.791. The Kier molecular flexibility index (Phi) is 49.3. The normalized spacial score (nSPS) is 28.2. The fraction of sp³-hybridized carbons (Fsp3) is 0.645. The van der Waals surface area contributed by atoms with Gasteiger partial charge in [0.15, 0.2) is 18.9 Å². The van der Waals surface area contributed by atoms with Gasteiger partial charge in [0, 0.05) is 6.42 Å². The molecule has 12 N–H and O–H groups in total. The van der Waals surface area contributed by atoms with Gasteiger partial charge >= 0.3 is 0 Å². The number of ether oxygens (including phenoxy) is 6. The summed E-state index contributed by atoms with van der Waals surface area (Å²) >= 11 is 0. The van der Waals surface area contributed by atoms with E-state index in [1.165, 1.54) is 19.3 Å². The molecule has 0 radical (unpaired) electrons. The molecule has 95 heavy (non-hydrogen) atoms. The van der Waals surface area contributed by atoms with Gasteiger partial charge in [0.05, 0.1) is 38.6 Å². The number of hydrogen-bond donors (Lipinski definition) is 12. The van der Waals surface area contributed by atoms with E-state index in [0.717, 1.165) is 128 Å². The molecule has 19 heteroatoms. The molecule has 0 aromatic heterocycles. The van der Waals surface area contributed by atoms with E-state index in [1.807, 2.05) is 6.08 Å². The van der Waals surface area contributed by atoms with Crippen molar-refractivity contribution in [3.63, 3.8) is 0 Å². The summed E-state index contributed by atoms with van der Waals surface area (Å²) < 4.78 is 34.2. The number of hydrogen-bond acceptors (Lipinski definition) is 18. The molecular formula is C76H121NO18. The smallest absolute Gasteiger partial charge is 0.220 e. The van der Waals surface area contributed by atoms with Crippen LogP contribution in [0.5, 0.6) is 0 Å². The summed E-state index contributed by atoms with van der Waals surface area (Å²) in [5, 5.41) is 120. The van der Waals surface area contributed by atoms with Crippen LogP contribution in [0.2, 0.25) is 0 Å². The SMILES string of the molecule is CC/C=C\C/C=C\C/C=C\C/C=C\C/C=C\C/C=C\C/C=C\C/C=C\C/C=C\C/C=C\CCCCCCCCC(=O)NC(COC1OC(CO)C(OC2OC(CO)C(OC3OC(CO)C(O)C(O)C3O)C(O)C2O)C(O)C1O)C(O)/C=C/CC/C=C/CC/C=C/CCCCC. The third-order valence-corrected chi connectivity index (χ3v) is 16.3. The number of carbonyl (C=O) groups is 1. The molecular weight excluding hydrogens is 1210 g/mol. The Balaban J connectivity index is 1.38. The van der Waals surface area contributed by atoms with Crippen molar-refractivity contribution in [3.05, 3.63) is 158 Å². The zero-order chi connectivity index (χ0) is 68.9. The van der Waals surface area contributed by atoms with Crippen molar-refractivity contribution in [2.75, 3.05) is 26.4 Å². The van der Waals surface area contributed by atoms with E-state index in [4.69, 9.17) is 28.4 Å². The maximum atomic E-state index is 13.4. The predicted molar refractivity (Wildman–Crippen MR) is 373 cm³/mol. The molecule has 17 unspecified atom stereocenters. The summed E-state index contributed by atoms with van der Waals surface area (Å²) in [6.45, 7) is 1.50. The summed E-state index contributed by atoms with van der Waals surface area (Å²) in [4.78, 5) is 13.4. The molecule has 3 fully saturated rings. The molecule has 0 aromatic rings. The van der Waals surface area contributed by atoms with Crippen LogP contribution in [-0.2, 0) is 33.2 Å². The predicted octanol–water partition coefficient (Wildman–Crippen LogP) is 9.71. The first kappa shape index (κ1) is 84.6. The van der Waals surface area contributed by atoms with Crippen LogP contribution >= 0.6 is 0 Å². The Morgan fingerprint density at radius 1 is 0.389 bits per heavy atom. The van der Waals surface area contributed by atoms with Gasteiger partial charge in [-0.1, -0.05) is 210 Å². The largest absolute Gasteiger partial charge is 0.394 e. The molecule has 538 valence electrons. The average molecular weight is 1340 g/mol. The van der Waals surface area contributed by atoms with Gasteiger partial charge in [0.25, 0.3) is 0 Å². The first-order chi connectivity index (χ1) is 46.3. The van der Waals surface area contributed by atoms with E-state index >= 15 is 0 Å². The highest BCUT2D eigenvalue weighted by molar-refractivity contribution is 5.76. The lowest BCUT2D eigenvalue weighted by atomic mass is 9.96. The maximum Gasteiger partial charge on any atom is 0.220 e. The van der Waals surface area contributed by atoms with Crippen molar-refractivity contribution < 1.29 is 89.4 Å². The topological polar surface area (TPSA) is 307 Å². The van der Waals surface area contributed by atoms with Crippen LogP contribution in [0.1, 0.15) is 181 Å². The van der Waals surface area contributed by atoms with Crippen molar-refractivity contribution in [2.24, 2.45) is 0 Å². The fourth-order valence-corrected chi connectivity index (χ4v) is 10.6. The molecule has 19 nitrogen and oxygen atoms in total. The van der Waals surface area contributed by atoms with E-state index in [-0.39, 0.29) is 18.9 Å². The number of rotatable bonds is 51. The highest BCUT2D eigenvalue weighted by atomic mass is 16.8. The number of carbonyl (C=O) groups excluding carboxylic acids is 1. The maximum absolute atomic E-state index is 13.4. The highest BCUT2D eigenvalue weighted by Gasteiger charge is 2.53. The zero-order valence-corrected chi connectivity index (χ0v) is 56.8. The number of aliphatic hydroxyl groups excluding tert-OH is 11. The minimum Gasteiger partial charge on any atom is -0.394 e. The van der Waals surface area contributed by atoms with Crippen molar-refractivity contribution in [2.45, 2.75) is 285 Å². The Labute approximate surface area is 567 Å². The summed E-state index contributed by atoms with van der Waals surface area (Å²) in [6, 6.07) is -1.02. The van der Waals surface area contributed by atoms with Crippen molar-refractivity contribution >= 4 is 5.91 Å². The van der Waals surface area contributed by atoms with E-state index in [9.17, 15) is 61.0 Å². The monoisotopic (exact) mass is 1340 g/mol. The minimum atomic E-state index is -1.99. The summed E-state index contributed by atoms with van der Waals surface area (Å²) in [6.07, 6.45) is 53.7. The van der Waals surface area contributed by atoms with E-state index < -0.39 is 124 Å². The quantitative estimate of drug-likeness (QED) is 0.0199.